The average molecular weight is 336 g/mol. The maximum atomic E-state index is 11.5. The predicted molar refractivity (Wildman–Crippen MR) is 83.6 cm³/mol. The lowest BCUT2D eigenvalue weighted by Gasteiger charge is -2.27. The van der Waals surface area contributed by atoms with E-state index in [4.69, 9.17) is 15.3 Å². The van der Waals surface area contributed by atoms with Gasteiger partial charge in [0.05, 0.1) is 24.9 Å². The minimum Gasteiger partial charge on any atom is -0.474 e. The van der Waals surface area contributed by atoms with Gasteiger partial charge in [-0.05, 0) is 31.7 Å². The molecule has 4 N–H and O–H groups in total. The monoisotopic (exact) mass is 336 g/mol. The number of pyridine rings is 1. The van der Waals surface area contributed by atoms with Gasteiger partial charge in [-0.25, -0.2) is 10.8 Å². The largest absolute Gasteiger partial charge is 0.474 e. The highest BCUT2D eigenvalue weighted by molar-refractivity contribution is 6.39. The lowest BCUT2D eigenvalue weighted by molar-refractivity contribution is -0.147. The van der Waals surface area contributed by atoms with Crippen molar-refractivity contribution in [3.05, 3.63) is 18.3 Å². The van der Waals surface area contributed by atoms with Crippen molar-refractivity contribution in [1.29, 1.82) is 0 Å². The van der Waals surface area contributed by atoms with Gasteiger partial charge in [-0.15, -0.1) is 0 Å². The second kappa shape index (κ2) is 8.25. The Morgan fingerprint density at radius 1 is 1.17 bits per heavy atom. The van der Waals surface area contributed by atoms with E-state index in [1.807, 2.05) is 0 Å². The Labute approximate surface area is 138 Å². The summed E-state index contributed by atoms with van der Waals surface area (Å²) >= 11 is 0. The van der Waals surface area contributed by atoms with Crippen molar-refractivity contribution in [2.24, 2.45) is 11.8 Å². The van der Waals surface area contributed by atoms with Gasteiger partial charge in [-0.2, -0.15) is 0 Å². The number of esters is 1. The van der Waals surface area contributed by atoms with Gasteiger partial charge >= 0.3 is 17.8 Å². The molecule has 2 amide bonds. The molecule has 0 saturated heterocycles. The highest BCUT2D eigenvalue weighted by atomic mass is 16.5. The van der Waals surface area contributed by atoms with E-state index < -0.39 is 11.8 Å². The van der Waals surface area contributed by atoms with Crippen LogP contribution in [0, 0.1) is 5.92 Å². The van der Waals surface area contributed by atoms with Gasteiger partial charge in [0.2, 0.25) is 5.88 Å². The lowest BCUT2D eigenvalue weighted by atomic mass is 9.87. The van der Waals surface area contributed by atoms with E-state index in [0.717, 1.165) is 25.7 Å². The molecule has 9 nitrogen and oxygen atoms in total. The zero-order valence-corrected chi connectivity index (χ0v) is 13.3. The van der Waals surface area contributed by atoms with Gasteiger partial charge in [0, 0.05) is 6.07 Å². The second-order valence-corrected chi connectivity index (χ2v) is 5.43. The maximum Gasteiger partial charge on any atom is 0.323 e. The Bertz CT molecular complexity index is 596. The van der Waals surface area contributed by atoms with Gasteiger partial charge in [-0.1, -0.05) is 0 Å². The number of nitrogens with zero attached hydrogens (tertiary/aromatic N) is 1. The predicted octanol–water partition coefficient (Wildman–Crippen LogP) is 0.121. The first kappa shape index (κ1) is 17.7. The van der Waals surface area contributed by atoms with Crippen LogP contribution in [-0.2, 0) is 19.1 Å². The van der Waals surface area contributed by atoms with Crippen LogP contribution in [0.25, 0.3) is 0 Å². The number of anilines is 1. The summed E-state index contributed by atoms with van der Waals surface area (Å²) in [6.45, 7) is 0. The van der Waals surface area contributed by atoms with Crippen LogP contribution in [0.3, 0.4) is 0 Å². The van der Waals surface area contributed by atoms with Gasteiger partial charge in [0.15, 0.2) is 0 Å². The second-order valence-electron chi connectivity index (χ2n) is 5.43. The first-order valence-corrected chi connectivity index (χ1v) is 7.56. The van der Waals surface area contributed by atoms with Crippen LogP contribution in [-0.4, -0.2) is 36.0 Å². The van der Waals surface area contributed by atoms with Crippen LogP contribution in [0.5, 0.6) is 5.88 Å². The summed E-state index contributed by atoms with van der Waals surface area (Å²) in [6.07, 6.45) is 4.31. The number of amides is 2. The zero-order chi connectivity index (χ0) is 17.5. The van der Waals surface area contributed by atoms with Crippen LogP contribution in [0.1, 0.15) is 25.7 Å². The molecule has 1 aliphatic rings. The number of rotatable bonds is 4. The standard InChI is InChI=1S/C15H20N4O5/c1-23-15(22)9-2-5-11(6-3-9)24-12-7-4-10(8-17-12)18-13(20)14(21)19-16/h4,7-9,11H,2-3,5-6,16H2,1H3,(H,18,20)(H,19,21). The highest BCUT2D eigenvalue weighted by Crippen LogP contribution is 2.28. The van der Waals surface area contributed by atoms with E-state index in [1.54, 1.807) is 17.6 Å². The molecular weight excluding hydrogens is 316 g/mol. The topological polar surface area (TPSA) is 133 Å². The summed E-state index contributed by atoms with van der Waals surface area (Å²) < 4.78 is 10.5. The molecule has 0 radical (unpaired) electrons. The SMILES string of the molecule is COC(=O)C1CCC(Oc2ccc(NC(=O)C(=O)NN)cn2)CC1. The lowest BCUT2D eigenvalue weighted by Crippen LogP contribution is -2.39. The summed E-state index contributed by atoms with van der Waals surface area (Å²) in [5.41, 5.74) is 2.09. The van der Waals surface area contributed by atoms with Gasteiger partial charge in [0.25, 0.3) is 0 Å². The van der Waals surface area contributed by atoms with Crippen LogP contribution in [0.2, 0.25) is 0 Å². The number of nitrogens with one attached hydrogen (secondary N) is 2. The Hall–Kier alpha value is -2.68. The number of hydrazine groups is 1. The average Bonchev–Trinajstić information content (AvgIpc) is 2.62. The summed E-state index contributed by atoms with van der Waals surface area (Å²) in [5, 5.41) is 2.35. The number of carbonyl (C=O) groups excluding carboxylic acids is 3. The number of ether oxygens (including phenoxy) is 2. The van der Waals surface area contributed by atoms with Gasteiger partial charge < -0.3 is 14.8 Å². The molecule has 0 unspecified atom stereocenters. The Balaban J connectivity index is 1.83. The normalized spacial score (nSPS) is 19.9. The summed E-state index contributed by atoms with van der Waals surface area (Å²) in [4.78, 5) is 37.9. The van der Waals surface area contributed by atoms with E-state index in [2.05, 4.69) is 10.3 Å². The molecule has 9 heteroatoms. The summed E-state index contributed by atoms with van der Waals surface area (Å²) in [6, 6.07) is 3.17. The molecular formula is C15H20N4O5. The number of hydrogen-bond donors (Lipinski definition) is 3. The smallest absolute Gasteiger partial charge is 0.323 e. The van der Waals surface area contributed by atoms with Crippen molar-refractivity contribution in [3.8, 4) is 5.88 Å². The molecule has 0 aliphatic heterocycles. The van der Waals surface area contributed by atoms with Crippen LogP contribution in [0.15, 0.2) is 18.3 Å². The highest BCUT2D eigenvalue weighted by Gasteiger charge is 2.28. The van der Waals surface area contributed by atoms with Gasteiger partial charge in [0.1, 0.15) is 6.10 Å². The number of methoxy groups -OCH3 is 1. The van der Waals surface area contributed by atoms with Crippen LogP contribution >= 0.6 is 0 Å². The number of aromatic nitrogens is 1. The van der Waals surface area contributed by atoms with Crippen molar-refractivity contribution < 1.29 is 23.9 Å². The Morgan fingerprint density at radius 3 is 2.42 bits per heavy atom. The van der Waals surface area contributed by atoms with E-state index >= 15 is 0 Å². The van der Waals surface area contributed by atoms with Crippen molar-refractivity contribution in [2.45, 2.75) is 31.8 Å². The number of hydrogen-bond acceptors (Lipinski definition) is 7. The van der Waals surface area contributed by atoms with Crippen molar-refractivity contribution in [2.75, 3.05) is 12.4 Å². The third-order valence-corrected chi connectivity index (χ3v) is 3.83. The fourth-order valence-electron chi connectivity index (χ4n) is 2.53. The van der Waals surface area contributed by atoms with Gasteiger partial charge in [-0.3, -0.25) is 19.8 Å². The number of carbonyl (C=O) groups is 3. The fourth-order valence-corrected chi connectivity index (χ4v) is 2.53. The van der Waals surface area contributed by atoms with E-state index in [-0.39, 0.29) is 18.0 Å². The first-order chi connectivity index (χ1) is 11.5. The van der Waals surface area contributed by atoms with Crippen LogP contribution in [0.4, 0.5) is 5.69 Å². The molecule has 1 aliphatic carbocycles. The maximum absolute atomic E-state index is 11.5. The third-order valence-electron chi connectivity index (χ3n) is 3.83. The van der Waals surface area contributed by atoms with E-state index in [1.165, 1.54) is 13.3 Å². The first-order valence-electron chi connectivity index (χ1n) is 7.56. The summed E-state index contributed by atoms with van der Waals surface area (Å²) in [5.74, 6) is 3.22. The van der Waals surface area contributed by atoms with E-state index in [0.29, 0.717) is 11.6 Å². The van der Waals surface area contributed by atoms with Crippen LogP contribution < -0.4 is 21.3 Å². The summed E-state index contributed by atoms with van der Waals surface area (Å²) in [7, 11) is 1.40. The molecule has 1 aromatic heterocycles. The molecule has 0 bridgehead atoms. The van der Waals surface area contributed by atoms with Crippen molar-refractivity contribution in [1.82, 2.24) is 10.4 Å². The van der Waals surface area contributed by atoms with E-state index in [9.17, 15) is 14.4 Å². The molecule has 1 aromatic rings. The minimum atomic E-state index is -0.947. The number of nitrogens with two attached hydrogens (primary N) is 1. The minimum absolute atomic E-state index is 0.0122. The molecule has 0 atom stereocenters. The van der Waals surface area contributed by atoms with Crippen molar-refractivity contribution in [3.63, 3.8) is 0 Å². The molecule has 1 heterocycles. The molecule has 2 rings (SSSR count). The molecule has 130 valence electrons. The Kier molecular flexibility index (Phi) is 6.07. The zero-order valence-electron chi connectivity index (χ0n) is 13.3. The quantitative estimate of drug-likeness (QED) is 0.234. The fraction of sp³-hybridized carbons (Fsp3) is 0.467. The molecule has 0 spiro atoms. The molecule has 0 aromatic carbocycles. The molecule has 24 heavy (non-hydrogen) atoms. The molecule has 1 fully saturated rings. The molecule has 1 saturated carbocycles. The third kappa shape index (κ3) is 4.66. The Morgan fingerprint density at radius 2 is 1.88 bits per heavy atom. The van der Waals surface area contributed by atoms with Crippen molar-refractivity contribution >= 4 is 23.5 Å².